The summed E-state index contributed by atoms with van der Waals surface area (Å²) in [5.74, 6) is -9.13. The largest absolute Gasteiger partial charge is 0.480 e. The van der Waals surface area contributed by atoms with Crippen molar-refractivity contribution in [3.05, 3.63) is 35.9 Å². The summed E-state index contributed by atoms with van der Waals surface area (Å²) < 4.78 is 0. The number of carboxylic acid groups (broad SMARTS) is 1. The molecular formula is C39H60N10O13S. The molecule has 1 saturated heterocycles. The molecular weight excluding hydrogens is 849 g/mol. The van der Waals surface area contributed by atoms with Gasteiger partial charge in [-0.25, -0.2) is 4.79 Å². The van der Waals surface area contributed by atoms with Crippen molar-refractivity contribution in [2.75, 3.05) is 25.2 Å². The third kappa shape index (κ3) is 17.1. The standard InChI is InChI=1S/C39H60N10O13S/c1-19(40)31(53)43-21(3)38(60)49-14-9-12-28(49)36(58)47-27(18-50)35(57)46-26(17-29(41)52)34(56)45-25(16-23-10-7-6-8-11-23)33(55)42-20(2)32(54)48-30(22(4)51)37(59)44-24(39(61)62)13-15-63-5/h6-8,10-11,19-22,24-28,30,50-51H,9,12-18,40H2,1-5H3,(H2,41,52)(H,42,55)(H,43,53)(H,44,59)(H,45,56)(H,46,57)(H,47,58)(H,48,54)(H,61,62)/t19-,20-,21-,22+,24-,25-,26-,27-,28-,30-/m0/s1. The Balaban J connectivity index is 2.23. The average Bonchev–Trinajstić information content (AvgIpc) is 3.72. The van der Waals surface area contributed by atoms with Crippen molar-refractivity contribution in [2.24, 2.45) is 11.5 Å². The van der Waals surface area contributed by atoms with Crippen LogP contribution < -0.4 is 48.7 Å². The smallest absolute Gasteiger partial charge is 0.326 e. The molecule has 1 aliphatic heterocycles. The maximum atomic E-state index is 13.7. The molecule has 0 aliphatic carbocycles. The molecule has 9 amide bonds. The van der Waals surface area contributed by atoms with Crippen molar-refractivity contribution in [3.63, 3.8) is 0 Å². The van der Waals surface area contributed by atoms with Gasteiger partial charge in [0, 0.05) is 13.0 Å². The van der Waals surface area contributed by atoms with Crippen LogP contribution in [0.1, 0.15) is 58.9 Å². The van der Waals surface area contributed by atoms with E-state index in [1.807, 2.05) is 0 Å². The molecule has 0 spiro atoms. The summed E-state index contributed by atoms with van der Waals surface area (Å²) in [6.45, 7) is 4.45. The quantitative estimate of drug-likeness (QED) is 0.0438. The third-order valence-corrected chi connectivity index (χ3v) is 10.4. The maximum absolute atomic E-state index is 13.7. The fourth-order valence-corrected chi connectivity index (χ4v) is 6.72. The van der Waals surface area contributed by atoms with Gasteiger partial charge in [0.1, 0.15) is 48.3 Å². The molecule has 24 heteroatoms. The third-order valence-electron chi connectivity index (χ3n) is 9.79. The molecule has 23 nitrogen and oxygen atoms in total. The van der Waals surface area contributed by atoms with Gasteiger partial charge in [-0.3, -0.25) is 43.2 Å². The number of benzene rings is 1. The van der Waals surface area contributed by atoms with Gasteiger partial charge in [-0.2, -0.15) is 11.8 Å². The Morgan fingerprint density at radius 3 is 1.87 bits per heavy atom. The number of carbonyl (C=O) groups is 10. The van der Waals surface area contributed by atoms with Gasteiger partial charge in [-0.1, -0.05) is 30.3 Å². The zero-order valence-electron chi connectivity index (χ0n) is 35.8. The van der Waals surface area contributed by atoms with E-state index < -0.39 is 133 Å². The number of nitrogens with two attached hydrogens (primary N) is 2. The van der Waals surface area contributed by atoms with E-state index in [0.29, 0.717) is 17.7 Å². The lowest BCUT2D eigenvalue weighted by atomic mass is 10.0. The highest BCUT2D eigenvalue weighted by Gasteiger charge is 2.39. The van der Waals surface area contributed by atoms with Crippen LogP contribution in [0.15, 0.2) is 30.3 Å². The lowest BCUT2D eigenvalue weighted by Crippen LogP contribution is -2.61. The number of carbonyl (C=O) groups excluding carboxylic acids is 9. The van der Waals surface area contributed by atoms with Gasteiger partial charge >= 0.3 is 5.97 Å². The Labute approximate surface area is 368 Å². The van der Waals surface area contributed by atoms with Gasteiger partial charge < -0.3 is 68.9 Å². The van der Waals surface area contributed by atoms with Gasteiger partial charge in [-0.15, -0.1) is 0 Å². The molecule has 1 heterocycles. The van der Waals surface area contributed by atoms with Gasteiger partial charge in [0.2, 0.25) is 53.2 Å². The molecule has 1 aromatic carbocycles. The number of hydrogen-bond acceptors (Lipinski definition) is 14. The Bertz CT molecular complexity index is 1800. The number of rotatable bonds is 25. The topological polar surface area (TPSA) is 371 Å². The van der Waals surface area contributed by atoms with Crippen molar-refractivity contribution in [1.82, 2.24) is 42.1 Å². The van der Waals surface area contributed by atoms with Crippen LogP contribution in [-0.4, -0.2) is 165 Å². The summed E-state index contributed by atoms with van der Waals surface area (Å²) in [6, 6.07) is -4.04. The number of amides is 9. The Morgan fingerprint density at radius 2 is 1.32 bits per heavy atom. The van der Waals surface area contributed by atoms with Crippen molar-refractivity contribution >= 4 is 70.9 Å². The summed E-state index contributed by atoms with van der Waals surface area (Å²) in [5.41, 5.74) is 11.5. The number of thioether (sulfide) groups is 1. The minimum Gasteiger partial charge on any atom is -0.480 e. The molecule has 63 heavy (non-hydrogen) atoms. The van der Waals surface area contributed by atoms with E-state index in [9.17, 15) is 63.3 Å². The average molecular weight is 909 g/mol. The number of aliphatic hydroxyl groups is 2. The first-order chi connectivity index (χ1) is 29.6. The monoisotopic (exact) mass is 908 g/mol. The minimum atomic E-state index is -1.76. The van der Waals surface area contributed by atoms with Gasteiger partial charge in [0.15, 0.2) is 0 Å². The molecule has 1 aliphatic rings. The number of carboxylic acids is 1. The summed E-state index contributed by atoms with van der Waals surface area (Å²) in [5, 5.41) is 46.4. The van der Waals surface area contributed by atoms with Crippen molar-refractivity contribution in [3.8, 4) is 0 Å². The first kappa shape index (κ1) is 53.3. The van der Waals surface area contributed by atoms with Crippen LogP contribution in [0, 0.1) is 0 Å². The zero-order chi connectivity index (χ0) is 47.6. The molecule has 350 valence electrons. The second-order valence-electron chi connectivity index (χ2n) is 15.1. The lowest BCUT2D eigenvalue weighted by molar-refractivity contribution is -0.143. The first-order valence-electron chi connectivity index (χ1n) is 20.1. The molecule has 0 bridgehead atoms. The molecule has 1 fully saturated rings. The summed E-state index contributed by atoms with van der Waals surface area (Å²) in [7, 11) is 0. The van der Waals surface area contributed by atoms with Crippen LogP contribution in [0.25, 0.3) is 0 Å². The normalized spacial score (nSPS) is 17.7. The van der Waals surface area contributed by atoms with Gasteiger partial charge in [-0.05, 0) is 64.5 Å². The predicted molar refractivity (Wildman–Crippen MR) is 227 cm³/mol. The van der Waals surface area contributed by atoms with Crippen molar-refractivity contribution < 1.29 is 63.3 Å². The van der Waals surface area contributed by atoms with Crippen LogP contribution in [-0.2, 0) is 54.4 Å². The number of aliphatic hydroxyl groups excluding tert-OH is 2. The van der Waals surface area contributed by atoms with Crippen LogP contribution in [0.4, 0.5) is 0 Å². The van der Waals surface area contributed by atoms with Crippen LogP contribution in [0.5, 0.6) is 0 Å². The number of primary amides is 1. The highest BCUT2D eigenvalue weighted by molar-refractivity contribution is 7.98. The Hall–Kier alpha value is -5.85. The van der Waals surface area contributed by atoms with Crippen molar-refractivity contribution in [1.29, 1.82) is 0 Å². The van der Waals surface area contributed by atoms with Crippen molar-refractivity contribution in [2.45, 2.75) is 120 Å². The van der Waals surface area contributed by atoms with E-state index in [-0.39, 0.29) is 25.8 Å². The van der Waals surface area contributed by atoms with Gasteiger partial charge in [0.05, 0.1) is 25.2 Å². The SMILES string of the molecule is CSCC[C@H](NC(=O)[C@@H](NC(=O)[C@H](C)NC(=O)[C@H](Cc1ccccc1)NC(=O)[C@H](CC(N)=O)NC(=O)[C@H](CO)NC(=O)[C@@H]1CCCN1C(=O)[C@H](C)NC(=O)[C@H](C)N)[C@@H](C)O)C(=O)O. The number of likely N-dealkylation sites (tertiary alicyclic amines) is 1. The highest BCUT2D eigenvalue weighted by atomic mass is 32.2. The fraction of sp³-hybridized carbons (Fsp3) is 0.590. The second kappa shape index (κ2) is 25.9. The van der Waals surface area contributed by atoms with E-state index in [4.69, 9.17) is 11.5 Å². The summed E-state index contributed by atoms with van der Waals surface area (Å²) >= 11 is 1.35. The minimum absolute atomic E-state index is 0.0635. The van der Waals surface area contributed by atoms with Gasteiger partial charge in [0.25, 0.3) is 0 Å². The molecule has 0 unspecified atom stereocenters. The highest BCUT2D eigenvalue weighted by Crippen LogP contribution is 2.19. The molecule has 0 radical (unpaired) electrons. The van der Waals surface area contributed by atoms with E-state index >= 15 is 0 Å². The van der Waals surface area contributed by atoms with Crippen LogP contribution >= 0.6 is 11.8 Å². The van der Waals surface area contributed by atoms with E-state index in [1.54, 1.807) is 36.6 Å². The molecule has 0 aromatic heterocycles. The Morgan fingerprint density at radius 1 is 0.746 bits per heavy atom. The Kier molecular flexibility index (Phi) is 21.9. The summed E-state index contributed by atoms with van der Waals surface area (Å²) in [6.07, 6.45) is -0.0847. The zero-order valence-corrected chi connectivity index (χ0v) is 36.6. The van der Waals surface area contributed by atoms with E-state index in [0.717, 1.165) is 0 Å². The first-order valence-corrected chi connectivity index (χ1v) is 21.5. The number of nitrogens with zero attached hydrogens (tertiary/aromatic N) is 1. The van der Waals surface area contributed by atoms with E-state index in [2.05, 4.69) is 37.2 Å². The lowest BCUT2D eigenvalue weighted by Gasteiger charge is -2.29. The number of hydrogen-bond donors (Lipinski definition) is 12. The summed E-state index contributed by atoms with van der Waals surface area (Å²) in [4.78, 5) is 131. The van der Waals surface area contributed by atoms with Crippen LogP contribution in [0.2, 0.25) is 0 Å². The molecule has 0 saturated carbocycles. The van der Waals surface area contributed by atoms with E-state index in [1.165, 1.54) is 44.4 Å². The predicted octanol–water partition coefficient (Wildman–Crippen LogP) is -4.91. The molecule has 14 N–H and O–H groups in total. The fourth-order valence-electron chi connectivity index (χ4n) is 6.25. The molecule has 2 rings (SSSR count). The number of nitrogens with one attached hydrogen (secondary N) is 7. The van der Waals surface area contributed by atoms with Crippen LogP contribution in [0.3, 0.4) is 0 Å². The molecule has 1 aromatic rings. The second-order valence-corrected chi connectivity index (χ2v) is 16.1. The number of aliphatic carboxylic acids is 1. The maximum Gasteiger partial charge on any atom is 0.326 e. The molecule has 10 atom stereocenters.